The molecule has 0 spiro atoms. The normalized spacial score (nSPS) is 15.8. The highest BCUT2D eigenvalue weighted by Gasteiger charge is 2.19. The molecule has 8 heteroatoms. The van der Waals surface area contributed by atoms with E-state index in [0.717, 1.165) is 13.1 Å². The van der Waals surface area contributed by atoms with Gasteiger partial charge in [-0.1, -0.05) is 0 Å². The SMILES string of the molecule is CN1CCN(C(=O)/C=C/c2occc(=O)c2OCC(=O)OC(C)(C)C)CC1. The first-order valence-corrected chi connectivity index (χ1v) is 8.78. The quantitative estimate of drug-likeness (QED) is 0.561. The number of piperazine rings is 1. The highest BCUT2D eigenvalue weighted by atomic mass is 16.6. The lowest BCUT2D eigenvalue weighted by Crippen LogP contribution is -2.46. The number of esters is 1. The van der Waals surface area contributed by atoms with Gasteiger partial charge in [0.15, 0.2) is 12.4 Å². The summed E-state index contributed by atoms with van der Waals surface area (Å²) < 4.78 is 15.7. The molecule has 0 bridgehead atoms. The van der Waals surface area contributed by atoms with E-state index in [2.05, 4.69) is 4.90 Å². The van der Waals surface area contributed by atoms with Gasteiger partial charge in [-0.25, -0.2) is 4.79 Å². The van der Waals surface area contributed by atoms with Crippen LogP contribution in [-0.4, -0.2) is 67.1 Å². The summed E-state index contributed by atoms with van der Waals surface area (Å²) in [5, 5.41) is 0. The minimum atomic E-state index is -0.653. The van der Waals surface area contributed by atoms with Crippen LogP contribution in [0.25, 0.3) is 6.08 Å². The molecule has 1 amide bonds. The Bertz CT molecular complexity index is 754. The maximum absolute atomic E-state index is 12.3. The second kappa shape index (κ2) is 8.85. The summed E-state index contributed by atoms with van der Waals surface area (Å²) in [6, 6.07) is 1.18. The summed E-state index contributed by atoms with van der Waals surface area (Å²) in [5.74, 6) is -0.832. The Morgan fingerprint density at radius 1 is 1.22 bits per heavy atom. The molecule has 1 aliphatic rings. The van der Waals surface area contributed by atoms with Gasteiger partial charge in [-0.3, -0.25) is 9.59 Å². The molecule has 2 heterocycles. The Hall–Kier alpha value is -2.61. The minimum absolute atomic E-state index is 0.0773. The van der Waals surface area contributed by atoms with E-state index in [9.17, 15) is 14.4 Å². The molecule has 0 saturated carbocycles. The number of nitrogens with zero attached hydrogens (tertiary/aromatic N) is 2. The minimum Gasteiger partial charge on any atom is -0.474 e. The predicted octanol–water partition coefficient (Wildman–Crippen LogP) is 1.15. The Kier molecular flexibility index (Phi) is 6.79. The Morgan fingerprint density at radius 2 is 1.89 bits per heavy atom. The van der Waals surface area contributed by atoms with Gasteiger partial charge in [0.05, 0.1) is 6.26 Å². The number of amides is 1. The second-order valence-electron chi connectivity index (χ2n) is 7.32. The zero-order valence-corrected chi connectivity index (χ0v) is 16.2. The molecule has 1 aromatic heterocycles. The van der Waals surface area contributed by atoms with E-state index in [0.29, 0.717) is 13.1 Å². The van der Waals surface area contributed by atoms with Crippen LogP contribution in [0.3, 0.4) is 0 Å². The van der Waals surface area contributed by atoms with Crippen molar-refractivity contribution >= 4 is 18.0 Å². The lowest BCUT2D eigenvalue weighted by molar-refractivity contribution is -0.157. The largest absolute Gasteiger partial charge is 0.474 e. The molecule has 8 nitrogen and oxygen atoms in total. The number of carbonyl (C=O) groups excluding carboxylic acids is 2. The molecule has 0 aliphatic carbocycles. The number of hydrogen-bond acceptors (Lipinski definition) is 7. The van der Waals surface area contributed by atoms with E-state index in [4.69, 9.17) is 13.9 Å². The second-order valence-corrected chi connectivity index (χ2v) is 7.32. The van der Waals surface area contributed by atoms with Crippen LogP contribution in [0.1, 0.15) is 26.5 Å². The number of likely N-dealkylation sites (N-methyl/N-ethyl adjacent to an activating group) is 1. The summed E-state index contributed by atoms with van der Waals surface area (Å²) in [5.41, 5.74) is -1.10. The molecule has 0 radical (unpaired) electrons. The molecule has 148 valence electrons. The Balaban J connectivity index is 2.05. The fraction of sp³-hybridized carbons (Fsp3) is 0.526. The van der Waals surface area contributed by atoms with Crippen molar-refractivity contribution < 1.29 is 23.5 Å². The van der Waals surface area contributed by atoms with Crippen molar-refractivity contribution in [3.05, 3.63) is 34.4 Å². The maximum atomic E-state index is 12.3. The zero-order valence-electron chi connectivity index (χ0n) is 16.2. The van der Waals surface area contributed by atoms with Crippen molar-refractivity contribution in [2.75, 3.05) is 39.8 Å². The lowest BCUT2D eigenvalue weighted by Gasteiger charge is -2.31. The monoisotopic (exact) mass is 378 g/mol. The fourth-order valence-electron chi connectivity index (χ4n) is 2.46. The van der Waals surface area contributed by atoms with Crippen molar-refractivity contribution in [1.29, 1.82) is 0 Å². The van der Waals surface area contributed by atoms with Crippen LogP contribution in [0.5, 0.6) is 5.75 Å². The van der Waals surface area contributed by atoms with Gasteiger partial charge in [-0.2, -0.15) is 0 Å². The van der Waals surface area contributed by atoms with Gasteiger partial charge in [0, 0.05) is 38.3 Å². The average molecular weight is 378 g/mol. The van der Waals surface area contributed by atoms with E-state index in [-0.39, 0.29) is 17.4 Å². The van der Waals surface area contributed by atoms with Gasteiger partial charge >= 0.3 is 5.97 Å². The van der Waals surface area contributed by atoms with Gasteiger partial charge in [0.2, 0.25) is 17.1 Å². The molecule has 1 aliphatic heterocycles. The van der Waals surface area contributed by atoms with E-state index in [1.807, 2.05) is 7.05 Å². The van der Waals surface area contributed by atoms with Crippen LogP contribution in [0, 0.1) is 0 Å². The third kappa shape index (κ3) is 6.56. The summed E-state index contributed by atoms with van der Waals surface area (Å²) in [6.45, 7) is 7.67. The lowest BCUT2D eigenvalue weighted by atomic mass is 10.2. The molecule has 27 heavy (non-hydrogen) atoms. The summed E-state index contributed by atoms with van der Waals surface area (Å²) in [4.78, 5) is 40.0. The average Bonchev–Trinajstić information content (AvgIpc) is 2.58. The molecule has 0 unspecified atom stereocenters. The molecule has 1 fully saturated rings. The van der Waals surface area contributed by atoms with Crippen LogP contribution < -0.4 is 10.2 Å². The molecular formula is C19H26N2O6. The van der Waals surface area contributed by atoms with Crippen molar-refractivity contribution in [3.8, 4) is 5.75 Å². The van der Waals surface area contributed by atoms with Crippen LogP contribution >= 0.6 is 0 Å². The molecule has 1 aromatic rings. The number of ether oxygens (including phenoxy) is 2. The number of hydrogen-bond donors (Lipinski definition) is 0. The summed E-state index contributed by atoms with van der Waals surface area (Å²) >= 11 is 0. The molecule has 0 aromatic carbocycles. The van der Waals surface area contributed by atoms with Crippen molar-refractivity contribution in [3.63, 3.8) is 0 Å². The van der Waals surface area contributed by atoms with Gasteiger partial charge in [0.1, 0.15) is 5.60 Å². The van der Waals surface area contributed by atoms with Gasteiger partial charge in [0.25, 0.3) is 0 Å². The summed E-state index contributed by atoms with van der Waals surface area (Å²) in [7, 11) is 2.00. The van der Waals surface area contributed by atoms with Crippen LogP contribution in [0.15, 0.2) is 27.6 Å². The van der Waals surface area contributed by atoms with Gasteiger partial charge < -0.3 is 23.7 Å². The molecular weight excluding hydrogens is 352 g/mol. The molecule has 0 atom stereocenters. The summed E-state index contributed by atoms with van der Waals surface area (Å²) in [6.07, 6.45) is 3.93. The van der Waals surface area contributed by atoms with E-state index in [1.54, 1.807) is 25.7 Å². The molecule has 0 N–H and O–H groups in total. The smallest absolute Gasteiger partial charge is 0.344 e. The Morgan fingerprint density at radius 3 is 2.52 bits per heavy atom. The van der Waals surface area contributed by atoms with E-state index >= 15 is 0 Å². The van der Waals surface area contributed by atoms with Crippen LogP contribution in [-0.2, 0) is 14.3 Å². The zero-order chi connectivity index (χ0) is 20.0. The standard InChI is InChI=1S/C19H26N2O6/c1-19(2,3)27-17(24)13-26-18-14(22)7-12-25-15(18)5-6-16(23)21-10-8-20(4)9-11-21/h5-7,12H,8-11,13H2,1-4H3/b6-5+. The van der Waals surface area contributed by atoms with Gasteiger partial charge in [-0.05, 0) is 33.9 Å². The topological polar surface area (TPSA) is 89.3 Å². The third-order valence-corrected chi connectivity index (χ3v) is 3.81. The van der Waals surface area contributed by atoms with E-state index < -0.39 is 23.6 Å². The first-order chi connectivity index (χ1) is 12.7. The van der Waals surface area contributed by atoms with Crippen LogP contribution in [0.4, 0.5) is 0 Å². The maximum Gasteiger partial charge on any atom is 0.344 e. The fourth-order valence-corrected chi connectivity index (χ4v) is 2.46. The predicted molar refractivity (Wildman–Crippen MR) is 99.4 cm³/mol. The Labute approximate surface area is 158 Å². The van der Waals surface area contributed by atoms with Crippen molar-refractivity contribution in [2.45, 2.75) is 26.4 Å². The first-order valence-electron chi connectivity index (χ1n) is 8.78. The third-order valence-electron chi connectivity index (χ3n) is 3.81. The highest BCUT2D eigenvalue weighted by molar-refractivity contribution is 5.91. The molecule has 2 rings (SSSR count). The highest BCUT2D eigenvalue weighted by Crippen LogP contribution is 2.16. The van der Waals surface area contributed by atoms with Crippen molar-refractivity contribution in [2.24, 2.45) is 0 Å². The van der Waals surface area contributed by atoms with E-state index in [1.165, 1.54) is 24.5 Å². The number of rotatable bonds is 5. The van der Waals surface area contributed by atoms with Gasteiger partial charge in [-0.15, -0.1) is 0 Å². The molecule has 1 saturated heterocycles. The van der Waals surface area contributed by atoms with Crippen LogP contribution in [0.2, 0.25) is 0 Å². The first kappa shape index (κ1) is 20.7. The van der Waals surface area contributed by atoms with Crippen molar-refractivity contribution in [1.82, 2.24) is 9.80 Å². The number of carbonyl (C=O) groups is 2.